The van der Waals surface area contributed by atoms with Crippen LogP contribution in [-0.2, 0) is 0 Å². The number of rotatable bonds is 1. The van der Waals surface area contributed by atoms with Crippen molar-refractivity contribution >= 4 is 11.8 Å². The Morgan fingerprint density at radius 2 is 2.25 bits per heavy atom. The van der Waals surface area contributed by atoms with Gasteiger partial charge in [-0.2, -0.15) is 0 Å². The van der Waals surface area contributed by atoms with Gasteiger partial charge in [0.25, 0.3) is 5.56 Å². The Bertz CT molecular complexity index is 512. The summed E-state index contributed by atoms with van der Waals surface area (Å²) in [6, 6.07) is 0.989. The Balaban J connectivity index is 2.46. The number of alkyl halides is 2. The molecular weight excluding hydrogens is 242 g/mol. The van der Waals surface area contributed by atoms with Crippen molar-refractivity contribution in [3.8, 4) is 0 Å². The molecule has 0 saturated carbocycles. The molecule has 0 aromatic carbocycles. The van der Waals surface area contributed by atoms with Crippen molar-refractivity contribution in [1.82, 2.24) is 9.55 Å². The highest BCUT2D eigenvalue weighted by Gasteiger charge is 2.53. The molecule has 0 unspecified atom stereocenters. The van der Waals surface area contributed by atoms with Crippen molar-refractivity contribution in [2.24, 2.45) is 0 Å². The number of aromatic amines is 1. The van der Waals surface area contributed by atoms with E-state index in [1.54, 1.807) is 0 Å². The van der Waals surface area contributed by atoms with Crippen molar-refractivity contribution in [2.75, 3.05) is 5.75 Å². The summed E-state index contributed by atoms with van der Waals surface area (Å²) in [5, 5.41) is 7.60. The van der Waals surface area contributed by atoms with E-state index < -0.39 is 28.6 Å². The van der Waals surface area contributed by atoms with E-state index in [0.29, 0.717) is 0 Å². The lowest BCUT2D eigenvalue weighted by molar-refractivity contribution is -0.103. The maximum Gasteiger partial charge on any atom is 0.329 e. The number of halogens is 2. The summed E-state index contributed by atoms with van der Waals surface area (Å²) in [5.74, 6) is -3.53. The molecule has 5 nitrogen and oxygen atoms in total. The van der Waals surface area contributed by atoms with E-state index in [2.05, 4.69) is 0 Å². The van der Waals surface area contributed by atoms with Gasteiger partial charge in [0.05, 0.1) is 0 Å². The first-order valence-electron chi connectivity index (χ1n) is 4.42. The molecular formula is C8H8F2N2O3S. The van der Waals surface area contributed by atoms with Gasteiger partial charge in [-0.25, -0.2) is 13.6 Å². The van der Waals surface area contributed by atoms with Crippen LogP contribution in [0.3, 0.4) is 0 Å². The van der Waals surface area contributed by atoms with Crippen molar-refractivity contribution in [3.63, 3.8) is 0 Å². The third-order valence-electron chi connectivity index (χ3n) is 2.29. The number of nitrogens with one attached hydrogen (secondary N) is 1. The first-order chi connectivity index (χ1) is 7.43. The molecule has 0 bridgehead atoms. The van der Waals surface area contributed by atoms with E-state index in [9.17, 15) is 18.4 Å². The molecule has 8 heteroatoms. The Morgan fingerprint density at radius 3 is 2.75 bits per heavy atom. The van der Waals surface area contributed by atoms with Gasteiger partial charge in [0.2, 0.25) is 0 Å². The Hall–Kier alpha value is -1.15. The number of aliphatic hydroxyl groups excluding tert-OH is 1. The molecule has 0 amide bonds. The fourth-order valence-electron chi connectivity index (χ4n) is 1.45. The molecule has 1 fully saturated rings. The summed E-state index contributed by atoms with van der Waals surface area (Å²) in [6.07, 6.45) is -0.772. The number of nitrogens with zero attached hydrogens (tertiary/aromatic N) is 1. The third kappa shape index (κ3) is 1.67. The van der Waals surface area contributed by atoms with Crippen LogP contribution in [0.25, 0.3) is 0 Å². The molecule has 0 radical (unpaired) electrons. The SMILES string of the molecule is O=c1ccn([C@@H]2SC[C@@H](O)C2(F)F)c(=O)[nH]1. The second-order valence-electron chi connectivity index (χ2n) is 3.39. The lowest BCUT2D eigenvalue weighted by atomic mass is 10.2. The van der Waals surface area contributed by atoms with Crippen LogP contribution in [0.1, 0.15) is 5.37 Å². The monoisotopic (exact) mass is 250 g/mol. The highest BCUT2D eigenvalue weighted by Crippen LogP contribution is 2.46. The van der Waals surface area contributed by atoms with E-state index in [-0.39, 0.29) is 5.75 Å². The van der Waals surface area contributed by atoms with Gasteiger partial charge in [-0.1, -0.05) is 0 Å². The zero-order valence-corrected chi connectivity index (χ0v) is 8.71. The molecule has 1 aromatic rings. The van der Waals surface area contributed by atoms with Crippen LogP contribution in [0.5, 0.6) is 0 Å². The smallest absolute Gasteiger partial charge is 0.329 e. The van der Waals surface area contributed by atoms with Crippen LogP contribution in [0, 0.1) is 0 Å². The minimum Gasteiger partial charge on any atom is -0.386 e. The standard InChI is InChI=1S/C8H8F2N2O3S/c9-8(10)4(13)3-16-6(8)12-2-1-5(14)11-7(12)15/h1-2,4,6,13H,3H2,(H,11,14,15)/t4-,6-/m1/s1. The molecule has 0 spiro atoms. The summed E-state index contributed by atoms with van der Waals surface area (Å²) < 4.78 is 27.6. The van der Waals surface area contributed by atoms with E-state index in [0.717, 1.165) is 28.6 Å². The normalized spacial score (nSPS) is 28.2. The van der Waals surface area contributed by atoms with Gasteiger partial charge in [-0.3, -0.25) is 14.3 Å². The summed E-state index contributed by atoms with van der Waals surface area (Å²) >= 11 is 0.771. The van der Waals surface area contributed by atoms with Crippen molar-refractivity contribution in [3.05, 3.63) is 33.1 Å². The highest BCUT2D eigenvalue weighted by molar-refractivity contribution is 7.99. The maximum absolute atomic E-state index is 13.4. The first-order valence-corrected chi connectivity index (χ1v) is 5.47. The molecule has 2 rings (SSSR count). The maximum atomic E-state index is 13.4. The lowest BCUT2D eigenvalue weighted by Gasteiger charge is -2.21. The first kappa shape index (κ1) is 11.3. The van der Waals surface area contributed by atoms with E-state index >= 15 is 0 Å². The molecule has 2 heterocycles. The predicted molar refractivity (Wildman–Crippen MR) is 53.8 cm³/mol. The van der Waals surface area contributed by atoms with E-state index in [4.69, 9.17) is 5.11 Å². The minimum atomic E-state index is -3.38. The van der Waals surface area contributed by atoms with Gasteiger partial charge < -0.3 is 5.11 Å². The minimum absolute atomic E-state index is 0.150. The van der Waals surface area contributed by atoms with Crippen LogP contribution < -0.4 is 11.2 Å². The second-order valence-corrected chi connectivity index (χ2v) is 4.51. The average Bonchev–Trinajstić information content (AvgIpc) is 2.44. The average molecular weight is 250 g/mol. The number of thioether (sulfide) groups is 1. The van der Waals surface area contributed by atoms with Crippen LogP contribution in [0.15, 0.2) is 21.9 Å². The molecule has 88 valence electrons. The molecule has 1 aliphatic heterocycles. The summed E-state index contributed by atoms with van der Waals surface area (Å²) in [6.45, 7) is 0. The van der Waals surface area contributed by atoms with Crippen LogP contribution in [0.4, 0.5) is 8.78 Å². The molecule has 2 N–H and O–H groups in total. The highest BCUT2D eigenvalue weighted by atomic mass is 32.2. The van der Waals surface area contributed by atoms with Gasteiger partial charge in [-0.15, -0.1) is 11.8 Å². The number of aliphatic hydroxyl groups is 1. The molecule has 1 aliphatic rings. The van der Waals surface area contributed by atoms with Gasteiger partial charge in [0.15, 0.2) is 5.37 Å². The molecule has 0 aliphatic carbocycles. The lowest BCUT2D eigenvalue weighted by Crippen LogP contribution is -2.40. The van der Waals surface area contributed by atoms with Gasteiger partial charge >= 0.3 is 11.6 Å². The number of hydrogen-bond acceptors (Lipinski definition) is 4. The topological polar surface area (TPSA) is 75.1 Å². The fourth-order valence-corrected chi connectivity index (χ4v) is 2.74. The summed E-state index contributed by atoms with van der Waals surface area (Å²) in [4.78, 5) is 24.0. The molecule has 2 atom stereocenters. The van der Waals surface area contributed by atoms with E-state index in [1.165, 1.54) is 0 Å². The van der Waals surface area contributed by atoms with Gasteiger partial charge in [-0.05, 0) is 0 Å². The number of H-pyrrole nitrogens is 1. The molecule has 1 aromatic heterocycles. The number of hydrogen-bond donors (Lipinski definition) is 2. The Kier molecular flexibility index (Phi) is 2.62. The largest absolute Gasteiger partial charge is 0.386 e. The quantitative estimate of drug-likeness (QED) is 0.722. The zero-order valence-electron chi connectivity index (χ0n) is 7.89. The van der Waals surface area contributed by atoms with E-state index in [1.807, 2.05) is 4.98 Å². The van der Waals surface area contributed by atoms with Crippen LogP contribution in [0.2, 0.25) is 0 Å². The van der Waals surface area contributed by atoms with Gasteiger partial charge in [0, 0.05) is 18.0 Å². The van der Waals surface area contributed by atoms with Crippen LogP contribution >= 0.6 is 11.8 Å². The third-order valence-corrected chi connectivity index (χ3v) is 3.65. The fraction of sp³-hybridized carbons (Fsp3) is 0.500. The Morgan fingerprint density at radius 1 is 1.56 bits per heavy atom. The summed E-state index contributed by atoms with van der Waals surface area (Å²) in [7, 11) is 0. The van der Waals surface area contributed by atoms with Crippen molar-refractivity contribution in [2.45, 2.75) is 17.4 Å². The summed E-state index contributed by atoms with van der Waals surface area (Å²) in [5.41, 5.74) is -1.55. The zero-order chi connectivity index (χ0) is 11.9. The Labute approximate surface area is 92.1 Å². The predicted octanol–water partition coefficient (Wildman–Crippen LogP) is -0.222. The second kappa shape index (κ2) is 3.70. The van der Waals surface area contributed by atoms with Crippen molar-refractivity contribution in [1.29, 1.82) is 0 Å². The van der Waals surface area contributed by atoms with Crippen LogP contribution in [-0.4, -0.2) is 32.4 Å². The number of aromatic nitrogens is 2. The molecule has 16 heavy (non-hydrogen) atoms. The van der Waals surface area contributed by atoms with Gasteiger partial charge in [0.1, 0.15) is 6.10 Å². The molecule has 1 saturated heterocycles. The van der Waals surface area contributed by atoms with Crippen molar-refractivity contribution < 1.29 is 13.9 Å².